The molecule has 0 spiro atoms. The van der Waals surface area contributed by atoms with Gasteiger partial charge in [0.05, 0.1) is 39.0 Å². The monoisotopic (exact) mass is 294 g/mol. The summed E-state index contributed by atoms with van der Waals surface area (Å²) in [5.74, 6) is -0.675. The van der Waals surface area contributed by atoms with Crippen LogP contribution in [0.15, 0.2) is 12.7 Å². The van der Waals surface area contributed by atoms with Crippen molar-refractivity contribution in [1.82, 2.24) is 0 Å². The molecule has 0 saturated carbocycles. The summed E-state index contributed by atoms with van der Waals surface area (Å²) in [6.07, 6.45) is 2.19. The molecule has 1 N–H and O–H groups in total. The van der Waals surface area contributed by atoms with Crippen molar-refractivity contribution < 1.29 is 27.0 Å². The zero-order valence-corrected chi connectivity index (χ0v) is 12.6. The molecule has 0 aliphatic carbocycles. The highest BCUT2D eigenvalue weighted by Crippen LogP contribution is 2.12. The fraction of sp³-hybridized carbons (Fsp3) is 0.750. The molecular weight excluding hydrogens is 270 g/mol. The Morgan fingerprint density at radius 3 is 2.53 bits per heavy atom. The first kappa shape index (κ1) is 18.1. The third-order valence-corrected chi connectivity index (χ3v) is 4.03. The van der Waals surface area contributed by atoms with Gasteiger partial charge >= 0.3 is 5.97 Å². The maximum absolute atomic E-state index is 10.8. The molecule has 0 radical (unpaired) electrons. The quantitative estimate of drug-likeness (QED) is 0.224. The van der Waals surface area contributed by atoms with Crippen LogP contribution in [-0.2, 0) is 19.6 Å². The Hall–Kier alpha value is -0.920. The number of ether oxygens (including phenoxy) is 1. The van der Waals surface area contributed by atoms with Gasteiger partial charge in [0.25, 0.3) is 10.1 Å². The summed E-state index contributed by atoms with van der Waals surface area (Å²) < 4.78 is 35.6. The van der Waals surface area contributed by atoms with E-state index in [1.165, 1.54) is 0 Å². The molecular formula is C12H24NO5S+. The van der Waals surface area contributed by atoms with E-state index < -0.39 is 16.1 Å². The smallest absolute Gasteiger partial charge is 0.330 e. The van der Waals surface area contributed by atoms with Gasteiger partial charge in [0.1, 0.15) is 0 Å². The molecule has 19 heavy (non-hydrogen) atoms. The van der Waals surface area contributed by atoms with Gasteiger partial charge in [-0.3, -0.25) is 4.55 Å². The van der Waals surface area contributed by atoms with Gasteiger partial charge in [0.2, 0.25) is 0 Å². The van der Waals surface area contributed by atoms with Gasteiger partial charge in [-0.15, -0.1) is 0 Å². The predicted octanol–water partition coefficient (Wildman–Crippen LogP) is 0.849. The van der Waals surface area contributed by atoms with Crippen molar-refractivity contribution in [3.05, 3.63) is 12.7 Å². The minimum absolute atomic E-state index is 0.0806. The lowest BCUT2D eigenvalue weighted by Gasteiger charge is -2.36. The van der Waals surface area contributed by atoms with Crippen LogP contribution in [0.4, 0.5) is 0 Å². The molecule has 0 rings (SSSR count). The topological polar surface area (TPSA) is 80.7 Å². The van der Waals surface area contributed by atoms with Crippen LogP contribution in [0.2, 0.25) is 0 Å². The first-order chi connectivity index (χ1) is 8.58. The lowest BCUT2D eigenvalue weighted by molar-refractivity contribution is -0.913. The van der Waals surface area contributed by atoms with Crippen molar-refractivity contribution >= 4 is 16.1 Å². The average molecular weight is 294 g/mol. The molecule has 0 amide bonds. The summed E-state index contributed by atoms with van der Waals surface area (Å²) in [6.45, 7) is 6.30. The van der Waals surface area contributed by atoms with Crippen LogP contribution in [0.5, 0.6) is 0 Å². The third-order valence-electron chi connectivity index (χ3n) is 3.28. The second kappa shape index (κ2) is 7.62. The summed E-state index contributed by atoms with van der Waals surface area (Å²) in [5, 5.41) is 0. The SMILES string of the molecule is C=CC(=O)OCCC[N+](C)(C)C(C)CCS(=O)(=O)O. The Bertz CT molecular complexity index is 402. The molecule has 0 aliphatic rings. The van der Waals surface area contributed by atoms with Crippen molar-refractivity contribution in [3.8, 4) is 0 Å². The average Bonchev–Trinajstić information content (AvgIpc) is 2.30. The van der Waals surface area contributed by atoms with Crippen molar-refractivity contribution in [2.45, 2.75) is 25.8 Å². The maximum atomic E-state index is 10.8. The number of esters is 1. The van der Waals surface area contributed by atoms with Gasteiger partial charge in [-0.05, 0) is 6.92 Å². The van der Waals surface area contributed by atoms with Gasteiger partial charge in [0, 0.05) is 18.9 Å². The number of nitrogens with zero attached hydrogens (tertiary/aromatic N) is 1. The highest BCUT2D eigenvalue weighted by molar-refractivity contribution is 7.85. The molecule has 112 valence electrons. The van der Waals surface area contributed by atoms with Crippen molar-refractivity contribution in [2.24, 2.45) is 0 Å². The van der Waals surface area contributed by atoms with Gasteiger partial charge in [-0.1, -0.05) is 6.58 Å². The number of rotatable bonds is 9. The van der Waals surface area contributed by atoms with E-state index in [2.05, 4.69) is 6.58 Å². The zero-order valence-electron chi connectivity index (χ0n) is 11.8. The maximum Gasteiger partial charge on any atom is 0.330 e. The van der Waals surface area contributed by atoms with Gasteiger partial charge in [-0.25, -0.2) is 4.79 Å². The zero-order chi connectivity index (χ0) is 15.1. The molecule has 7 heteroatoms. The van der Waals surface area contributed by atoms with E-state index in [4.69, 9.17) is 9.29 Å². The molecule has 0 aliphatic heterocycles. The van der Waals surface area contributed by atoms with E-state index in [0.29, 0.717) is 23.9 Å². The van der Waals surface area contributed by atoms with Crippen molar-refractivity contribution in [1.29, 1.82) is 0 Å². The molecule has 0 heterocycles. The van der Waals surface area contributed by atoms with Crippen LogP contribution >= 0.6 is 0 Å². The Balaban J connectivity index is 4.08. The predicted molar refractivity (Wildman–Crippen MR) is 73.2 cm³/mol. The normalized spacial score (nSPS) is 13.9. The fourth-order valence-corrected chi connectivity index (χ4v) is 2.23. The largest absolute Gasteiger partial charge is 0.462 e. The number of carbonyl (C=O) groups excluding carboxylic acids is 1. The Kier molecular flexibility index (Phi) is 7.25. The van der Waals surface area contributed by atoms with E-state index in [1.54, 1.807) is 0 Å². The van der Waals surface area contributed by atoms with Crippen LogP contribution in [0.1, 0.15) is 19.8 Å². The van der Waals surface area contributed by atoms with Gasteiger partial charge < -0.3 is 9.22 Å². The molecule has 1 unspecified atom stereocenters. The summed E-state index contributed by atoms with van der Waals surface area (Å²) >= 11 is 0. The lowest BCUT2D eigenvalue weighted by atomic mass is 10.2. The molecule has 0 aromatic rings. The van der Waals surface area contributed by atoms with Crippen LogP contribution in [0, 0.1) is 0 Å². The first-order valence-electron chi connectivity index (χ1n) is 6.15. The molecule has 0 bridgehead atoms. The Morgan fingerprint density at radius 1 is 1.47 bits per heavy atom. The number of hydrogen-bond acceptors (Lipinski definition) is 4. The lowest BCUT2D eigenvalue weighted by Crippen LogP contribution is -2.48. The third kappa shape index (κ3) is 8.74. The molecule has 0 saturated heterocycles. The minimum atomic E-state index is -3.91. The molecule has 1 atom stereocenters. The van der Waals surface area contributed by atoms with Crippen molar-refractivity contribution in [3.63, 3.8) is 0 Å². The molecule has 0 fully saturated rings. The first-order valence-corrected chi connectivity index (χ1v) is 7.76. The second-order valence-corrected chi connectivity index (χ2v) is 6.72. The van der Waals surface area contributed by atoms with E-state index in [0.717, 1.165) is 12.6 Å². The minimum Gasteiger partial charge on any atom is -0.462 e. The molecule has 0 aromatic heterocycles. The highest BCUT2D eigenvalue weighted by atomic mass is 32.2. The van der Waals surface area contributed by atoms with Crippen LogP contribution in [0.25, 0.3) is 0 Å². The van der Waals surface area contributed by atoms with Crippen LogP contribution < -0.4 is 0 Å². The summed E-state index contributed by atoms with van der Waals surface area (Å²) in [5.41, 5.74) is 0. The van der Waals surface area contributed by atoms with E-state index in [9.17, 15) is 13.2 Å². The number of hydrogen-bond donors (Lipinski definition) is 1. The molecule has 6 nitrogen and oxygen atoms in total. The van der Waals surface area contributed by atoms with Gasteiger partial charge in [-0.2, -0.15) is 8.42 Å². The van der Waals surface area contributed by atoms with Gasteiger partial charge in [0.15, 0.2) is 0 Å². The summed E-state index contributed by atoms with van der Waals surface area (Å²) in [4.78, 5) is 10.8. The van der Waals surface area contributed by atoms with Crippen LogP contribution in [0.3, 0.4) is 0 Å². The molecule has 0 aromatic carbocycles. The Morgan fingerprint density at radius 2 is 2.05 bits per heavy atom. The van der Waals surface area contributed by atoms with E-state index in [1.807, 2.05) is 21.0 Å². The van der Waals surface area contributed by atoms with Crippen molar-refractivity contribution in [2.75, 3.05) is 33.0 Å². The standard InChI is InChI=1S/C12H23NO5S/c1-5-12(14)18-9-6-8-13(3,4)11(2)7-10-19(15,16)17/h5,11H,1,6-10H2,2-4H3/p+1. The summed E-state index contributed by atoms with van der Waals surface area (Å²) in [7, 11) is 0.0427. The Labute approximate surface area is 115 Å². The fourth-order valence-electron chi connectivity index (χ4n) is 1.59. The van der Waals surface area contributed by atoms with E-state index >= 15 is 0 Å². The van der Waals surface area contributed by atoms with E-state index in [-0.39, 0.29) is 11.8 Å². The number of carbonyl (C=O) groups is 1. The van der Waals surface area contributed by atoms with Crippen LogP contribution in [-0.4, -0.2) is 62.5 Å². The number of quaternary nitrogens is 1. The second-order valence-electron chi connectivity index (χ2n) is 5.15. The highest BCUT2D eigenvalue weighted by Gasteiger charge is 2.25. The summed E-state index contributed by atoms with van der Waals surface area (Å²) in [6, 6.07) is 0.0806.